The predicted molar refractivity (Wildman–Crippen MR) is 53.2 cm³/mol. The second-order valence-electron chi connectivity index (χ2n) is 3.65. The van der Waals surface area contributed by atoms with Crippen LogP contribution >= 0.6 is 0 Å². The number of aryl methyl sites for hydroxylation is 1. The van der Waals surface area contributed by atoms with Crippen LogP contribution in [-0.2, 0) is 10.1 Å². The van der Waals surface area contributed by atoms with Gasteiger partial charge < -0.3 is 4.55 Å². The summed E-state index contributed by atoms with van der Waals surface area (Å²) < 4.78 is 32.9. The van der Waals surface area contributed by atoms with Crippen LogP contribution in [0.5, 0.6) is 0 Å². The maximum Gasteiger partial charge on any atom is 1.00 e. The van der Waals surface area contributed by atoms with E-state index in [-0.39, 0.29) is 62.2 Å². The number of rotatable bonds is 2. The molecule has 0 spiro atoms. The van der Waals surface area contributed by atoms with Crippen LogP contribution in [-0.4, -0.2) is 13.0 Å². The smallest absolute Gasteiger partial charge is 0.744 e. The predicted octanol–water partition coefficient (Wildman–Crippen LogP) is -0.973. The summed E-state index contributed by atoms with van der Waals surface area (Å²) in [5.74, 6) is 0.0364. The molecule has 3 nitrogen and oxygen atoms in total. The SMILES string of the molecule is Cc1ccc(C(C)C)c(S(=O)(=O)[O-])c1.[K+]. The van der Waals surface area contributed by atoms with Crippen molar-refractivity contribution < 1.29 is 64.4 Å². The molecule has 0 N–H and O–H groups in total. The fraction of sp³-hybridized carbons (Fsp3) is 0.400. The van der Waals surface area contributed by atoms with Gasteiger partial charge in [0.15, 0.2) is 0 Å². The van der Waals surface area contributed by atoms with Crippen molar-refractivity contribution in [3.63, 3.8) is 0 Å². The van der Waals surface area contributed by atoms with Gasteiger partial charge in [0.25, 0.3) is 0 Å². The van der Waals surface area contributed by atoms with Gasteiger partial charge in [-0.1, -0.05) is 26.0 Å². The van der Waals surface area contributed by atoms with Crippen LogP contribution in [0.4, 0.5) is 0 Å². The molecule has 1 rings (SSSR count). The third-order valence-electron chi connectivity index (χ3n) is 2.06. The Morgan fingerprint density at radius 1 is 1.27 bits per heavy atom. The molecule has 15 heavy (non-hydrogen) atoms. The third-order valence-corrected chi connectivity index (χ3v) is 2.95. The summed E-state index contributed by atoms with van der Waals surface area (Å²) in [4.78, 5) is -0.0903. The van der Waals surface area contributed by atoms with Crippen molar-refractivity contribution in [3.8, 4) is 0 Å². The Bertz CT molecular complexity index is 438. The average Bonchev–Trinajstić information content (AvgIpc) is 2.01. The van der Waals surface area contributed by atoms with Gasteiger partial charge in [0.05, 0.1) is 4.90 Å². The molecule has 0 aromatic heterocycles. The minimum atomic E-state index is -4.35. The van der Waals surface area contributed by atoms with Crippen molar-refractivity contribution in [2.75, 3.05) is 0 Å². The molecule has 0 fully saturated rings. The first-order chi connectivity index (χ1) is 6.32. The van der Waals surface area contributed by atoms with Crippen molar-refractivity contribution in [3.05, 3.63) is 29.3 Å². The summed E-state index contributed by atoms with van der Waals surface area (Å²) in [6.07, 6.45) is 0. The third kappa shape index (κ3) is 4.26. The van der Waals surface area contributed by atoms with Crippen molar-refractivity contribution in [1.82, 2.24) is 0 Å². The van der Waals surface area contributed by atoms with Gasteiger partial charge in [-0.15, -0.1) is 0 Å². The Morgan fingerprint density at radius 3 is 2.20 bits per heavy atom. The molecule has 0 bridgehead atoms. The largest absolute Gasteiger partial charge is 1.00 e. The Hall–Kier alpha value is 0.766. The second-order valence-corrected chi connectivity index (χ2v) is 5.00. The summed E-state index contributed by atoms with van der Waals surface area (Å²) in [6, 6.07) is 4.94. The topological polar surface area (TPSA) is 57.2 Å². The fourth-order valence-corrected chi connectivity index (χ4v) is 2.26. The van der Waals surface area contributed by atoms with Gasteiger partial charge in [-0.3, -0.25) is 0 Å². The van der Waals surface area contributed by atoms with E-state index in [1.165, 1.54) is 6.07 Å². The van der Waals surface area contributed by atoms with Gasteiger partial charge >= 0.3 is 51.4 Å². The van der Waals surface area contributed by atoms with E-state index in [4.69, 9.17) is 0 Å². The van der Waals surface area contributed by atoms with Gasteiger partial charge in [-0.05, 0) is 30.0 Å². The molecular weight excluding hydrogens is 239 g/mol. The van der Waals surface area contributed by atoms with Gasteiger partial charge in [0.2, 0.25) is 0 Å². The van der Waals surface area contributed by atoms with E-state index in [1.54, 1.807) is 13.0 Å². The van der Waals surface area contributed by atoms with Crippen molar-refractivity contribution in [2.24, 2.45) is 0 Å². The molecule has 0 aliphatic heterocycles. The number of hydrogen-bond donors (Lipinski definition) is 0. The van der Waals surface area contributed by atoms with E-state index in [2.05, 4.69) is 0 Å². The molecule has 0 radical (unpaired) electrons. The molecule has 0 heterocycles. The molecule has 0 saturated heterocycles. The van der Waals surface area contributed by atoms with Crippen LogP contribution in [0.1, 0.15) is 30.9 Å². The molecule has 0 atom stereocenters. The van der Waals surface area contributed by atoms with Crippen LogP contribution in [0.25, 0.3) is 0 Å². The molecule has 0 aliphatic rings. The Labute approximate surface area is 133 Å². The van der Waals surface area contributed by atoms with Crippen molar-refractivity contribution >= 4 is 10.1 Å². The quantitative estimate of drug-likeness (QED) is 0.502. The van der Waals surface area contributed by atoms with Crippen molar-refractivity contribution in [2.45, 2.75) is 31.6 Å². The molecule has 5 heteroatoms. The Balaban J connectivity index is 0.00000196. The molecule has 0 aliphatic carbocycles. The summed E-state index contributed by atoms with van der Waals surface area (Å²) in [6.45, 7) is 5.48. The van der Waals surface area contributed by atoms with E-state index < -0.39 is 10.1 Å². The van der Waals surface area contributed by atoms with Gasteiger partial charge in [-0.25, -0.2) is 8.42 Å². The van der Waals surface area contributed by atoms with E-state index in [1.807, 2.05) is 19.9 Å². The summed E-state index contributed by atoms with van der Waals surface area (Å²) in [7, 11) is -4.35. The minimum absolute atomic E-state index is 0. The van der Waals surface area contributed by atoms with Crippen LogP contribution in [0.2, 0.25) is 0 Å². The minimum Gasteiger partial charge on any atom is -0.744 e. The average molecular weight is 252 g/mol. The van der Waals surface area contributed by atoms with Crippen LogP contribution in [0.15, 0.2) is 23.1 Å². The molecule has 0 amide bonds. The first-order valence-electron chi connectivity index (χ1n) is 4.39. The maximum atomic E-state index is 11.0. The van der Waals surface area contributed by atoms with E-state index in [0.717, 1.165) is 5.56 Å². The van der Waals surface area contributed by atoms with Crippen LogP contribution in [0, 0.1) is 6.92 Å². The van der Waals surface area contributed by atoms with Gasteiger partial charge in [0, 0.05) is 0 Å². The van der Waals surface area contributed by atoms with E-state index in [0.29, 0.717) is 5.56 Å². The van der Waals surface area contributed by atoms with Crippen LogP contribution in [0.3, 0.4) is 0 Å². The van der Waals surface area contributed by atoms with Crippen molar-refractivity contribution in [1.29, 1.82) is 0 Å². The molecule has 78 valence electrons. The zero-order valence-corrected chi connectivity index (χ0v) is 13.4. The monoisotopic (exact) mass is 252 g/mol. The van der Waals surface area contributed by atoms with Gasteiger partial charge in [0.1, 0.15) is 10.1 Å². The standard InChI is InChI=1S/C10H14O3S.K/c1-7(2)9-5-4-8(3)6-10(9)14(11,12)13;/h4-7H,1-3H3,(H,11,12,13);/q;+1/p-1. The Kier molecular flexibility index (Phi) is 6.21. The van der Waals surface area contributed by atoms with Crippen LogP contribution < -0.4 is 51.4 Å². The molecule has 1 aromatic carbocycles. The first kappa shape index (κ1) is 15.8. The van der Waals surface area contributed by atoms with E-state index >= 15 is 0 Å². The van der Waals surface area contributed by atoms with E-state index in [9.17, 15) is 13.0 Å². The normalized spacial score (nSPS) is 11.3. The summed E-state index contributed by atoms with van der Waals surface area (Å²) >= 11 is 0. The zero-order chi connectivity index (χ0) is 10.9. The number of hydrogen-bond acceptors (Lipinski definition) is 3. The Morgan fingerprint density at radius 2 is 1.80 bits per heavy atom. The van der Waals surface area contributed by atoms with Gasteiger partial charge in [-0.2, -0.15) is 0 Å². The molecule has 1 aromatic rings. The first-order valence-corrected chi connectivity index (χ1v) is 5.79. The maximum absolute atomic E-state index is 11.0. The number of benzene rings is 1. The molecule has 0 saturated carbocycles. The zero-order valence-electron chi connectivity index (χ0n) is 9.44. The molecular formula is C10H13KO3S. The summed E-state index contributed by atoms with van der Waals surface area (Å²) in [5, 5.41) is 0. The summed E-state index contributed by atoms with van der Waals surface area (Å²) in [5.41, 5.74) is 1.37. The molecule has 0 unspecified atom stereocenters. The second kappa shape index (κ2) is 5.91. The fourth-order valence-electron chi connectivity index (χ4n) is 1.34.